The Bertz CT molecular complexity index is 1780. The molecule has 2 fully saturated rings. The van der Waals surface area contributed by atoms with Crippen molar-refractivity contribution in [1.82, 2.24) is 4.90 Å². The maximum Gasteiger partial charge on any atom is 0.573 e. The van der Waals surface area contributed by atoms with E-state index in [4.69, 9.17) is 4.74 Å². The second kappa shape index (κ2) is 11.9. The molecule has 1 saturated heterocycles. The van der Waals surface area contributed by atoms with Crippen LogP contribution in [0.25, 0.3) is 17.2 Å². The second-order valence-electron chi connectivity index (χ2n) is 13.5. The molecule has 47 heavy (non-hydrogen) atoms. The zero-order valence-electron chi connectivity index (χ0n) is 27.0. The van der Waals surface area contributed by atoms with E-state index in [0.717, 1.165) is 22.3 Å². The van der Waals surface area contributed by atoms with Crippen molar-refractivity contribution in [3.63, 3.8) is 0 Å². The molecule has 2 heterocycles. The number of imide groups is 1. The molecule has 0 spiro atoms. The number of nitrogens with zero attached hydrogens (tertiary/aromatic N) is 2. The van der Waals surface area contributed by atoms with Crippen molar-refractivity contribution >= 4 is 29.7 Å². The highest BCUT2D eigenvalue weighted by Gasteiger charge is 2.47. The van der Waals surface area contributed by atoms with Gasteiger partial charge in [-0.25, -0.2) is 9.69 Å². The number of ether oxygens (including phenoxy) is 2. The average molecular weight is 647 g/mol. The molecule has 6 rings (SSSR count). The summed E-state index contributed by atoms with van der Waals surface area (Å²) in [5, 5.41) is 0. The molecule has 3 aromatic carbocycles. The predicted octanol–water partition coefficient (Wildman–Crippen LogP) is 7.98. The van der Waals surface area contributed by atoms with E-state index in [1.54, 1.807) is 23.1 Å². The first-order chi connectivity index (χ1) is 22.1. The number of hydrogen-bond donors (Lipinski definition) is 0. The van der Waals surface area contributed by atoms with E-state index in [-0.39, 0.29) is 35.8 Å². The van der Waals surface area contributed by atoms with E-state index in [0.29, 0.717) is 36.1 Å². The van der Waals surface area contributed by atoms with Crippen molar-refractivity contribution in [3.05, 3.63) is 88.5 Å². The monoisotopic (exact) mass is 646 g/mol. The van der Waals surface area contributed by atoms with Gasteiger partial charge in [0.25, 0.3) is 0 Å². The summed E-state index contributed by atoms with van der Waals surface area (Å²) in [6.07, 6.45) is -2.59. The summed E-state index contributed by atoms with van der Waals surface area (Å²) in [5.41, 5.74) is 4.96. The molecule has 3 aromatic rings. The highest BCUT2D eigenvalue weighted by molar-refractivity contribution is 6.00. The van der Waals surface area contributed by atoms with Gasteiger partial charge in [0.15, 0.2) is 0 Å². The molecule has 246 valence electrons. The fourth-order valence-electron chi connectivity index (χ4n) is 6.78. The number of rotatable bonds is 7. The summed E-state index contributed by atoms with van der Waals surface area (Å²) in [4.78, 5) is 42.1. The van der Waals surface area contributed by atoms with Crippen LogP contribution < -0.4 is 9.64 Å². The number of aryl methyl sites for hydroxylation is 1. The van der Waals surface area contributed by atoms with Crippen LogP contribution in [-0.4, -0.2) is 47.9 Å². The van der Waals surface area contributed by atoms with E-state index >= 15 is 0 Å². The summed E-state index contributed by atoms with van der Waals surface area (Å²) in [6, 6.07) is 17.1. The second-order valence-corrected chi connectivity index (χ2v) is 13.5. The van der Waals surface area contributed by atoms with Crippen molar-refractivity contribution in [2.75, 3.05) is 11.5 Å². The summed E-state index contributed by atoms with van der Waals surface area (Å²) in [7, 11) is 0. The number of carbonyl (C=O) groups excluding carboxylic acids is 3. The van der Waals surface area contributed by atoms with Gasteiger partial charge in [0.05, 0.1) is 12.0 Å². The van der Waals surface area contributed by atoms with Gasteiger partial charge >= 0.3 is 12.5 Å². The standard InChI is InChI=1S/C37H37F3N2O5/c1-21(2)41-31-18-27(22(3)13-30(31)36(4,5)19-33(41)43)29-16-24(11-12-32(29)47-37(38,39)40)14-25-17-28(25)34(44)42-26(20-46-35(42)45)15-23-9-7-6-8-10-23/h6-14,16,18,21,26,28H,15,17,19-20H2,1-5H3/b25-14-/t26-,28-/m0/s1. The summed E-state index contributed by atoms with van der Waals surface area (Å²) in [6.45, 7) is 9.75. The first-order valence-corrected chi connectivity index (χ1v) is 15.7. The van der Waals surface area contributed by atoms with Crippen LogP contribution in [0.15, 0.2) is 66.2 Å². The first kappa shape index (κ1) is 32.3. The van der Waals surface area contributed by atoms with Gasteiger partial charge in [-0.2, -0.15) is 0 Å². The lowest BCUT2D eigenvalue weighted by atomic mass is 9.75. The summed E-state index contributed by atoms with van der Waals surface area (Å²) >= 11 is 0. The molecule has 0 radical (unpaired) electrons. The SMILES string of the molecule is Cc1cc2c(cc1-c1cc(/C=C3/C[C@@H]3C(=O)N3C(=O)OC[C@@H]3Cc3ccccc3)ccc1OC(F)(F)F)N(C(C)C)C(=O)CC2(C)C. The van der Waals surface area contributed by atoms with E-state index < -0.39 is 29.8 Å². The Kier molecular flexibility index (Phi) is 8.18. The Balaban J connectivity index is 1.33. The van der Waals surface area contributed by atoms with Crippen LogP contribution >= 0.6 is 0 Å². The largest absolute Gasteiger partial charge is 0.573 e. The number of benzene rings is 3. The molecule has 0 N–H and O–H groups in total. The van der Waals surface area contributed by atoms with Gasteiger partial charge in [-0.15, -0.1) is 13.2 Å². The van der Waals surface area contributed by atoms with Gasteiger partial charge in [0.2, 0.25) is 11.8 Å². The molecule has 2 atom stereocenters. The molecule has 3 amide bonds. The number of alkyl halides is 3. The number of carbonyl (C=O) groups is 3. The fraction of sp³-hybridized carbons (Fsp3) is 0.378. The molecule has 1 saturated carbocycles. The summed E-state index contributed by atoms with van der Waals surface area (Å²) < 4.78 is 50.4. The lowest BCUT2D eigenvalue weighted by Crippen LogP contribution is -2.45. The molecule has 1 aliphatic carbocycles. The Morgan fingerprint density at radius 1 is 1.06 bits per heavy atom. The molecule has 0 unspecified atom stereocenters. The third-order valence-corrected chi connectivity index (χ3v) is 9.12. The minimum Gasteiger partial charge on any atom is -0.447 e. The average Bonchev–Trinajstić information content (AvgIpc) is 3.66. The number of halogens is 3. The van der Waals surface area contributed by atoms with E-state index in [1.807, 2.05) is 71.0 Å². The van der Waals surface area contributed by atoms with Gasteiger partial charge in [-0.1, -0.05) is 68.0 Å². The van der Waals surface area contributed by atoms with Gasteiger partial charge in [0.1, 0.15) is 12.4 Å². The third kappa shape index (κ3) is 6.50. The van der Waals surface area contributed by atoms with Crippen LogP contribution in [0.2, 0.25) is 0 Å². The lowest BCUT2D eigenvalue weighted by Gasteiger charge is -2.41. The number of anilines is 1. The molecule has 0 aromatic heterocycles. The van der Waals surface area contributed by atoms with Crippen molar-refractivity contribution in [1.29, 1.82) is 0 Å². The molecular weight excluding hydrogens is 609 g/mol. The van der Waals surface area contributed by atoms with E-state index in [2.05, 4.69) is 4.74 Å². The highest BCUT2D eigenvalue weighted by Crippen LogP contribution is 2.47. The lowest BCUT2D eigenvalue weighted by molar-refractivity contribution is -0.274. The van der Waals surface area contributed by atoms with E-state index in [1.165, 1.54) is 17.0 Å². The van der Waals surface area contributed by atoms with Gasteiger partial charge in [-0.05, 0) is 79.6 Å². The first-order valence-electron chi connectivity index (χ1n) is 15.7. The Hall–Kier alpha value is -4.60. The quantitative estimate of drug-likeness (QED) is 0.260. The van der Waals surface area contributed by atoms with E-state index in [9.17, 15) is 27.6 Å². The zero-order chi connectivity index (χ0) is 33.8. The summed E-state index contributed by atoms with van der Waals surface area (Å²) in [5.74, 6) is -1.28. The van der Waals surface area contributed by atoms with Crippen LogP contribution in [0, 0.1) is 12.8 Å². The maximum absolute atomic E-state index is 13.6. The van der Waals surface area contributed by atoms with Crippen LogP contribution in [0.4, 0.5) is 23.7 Å². The molecular formula is C37H37F3N2O5. The van der Waals surface area contributed by atoms with Crippen LogP contribution in [0.5, 0.6) is 5.75 Å². The molecule has 7 nitrogen and oxygen atoms in total. The normalized spacial score (nSPS) is 21.3. The smallest absolute Gasteiger partial charge is 0.447 e. The minimum atomic E-state index is -4.92. The molecule has 2 aliphatic heterocycles. The van der Waals surface area contributed by atoms with Crippen LogP contribution in [0.1, 0.15) is 62.8 Å². The van der Waals surface area contributed by atoms with Crippen LogP contribution in [-0.2, 0) is 26.2 Å². The number of amides is 3. The Labute approximate surface area is 272 Å². The molecule has 10 heteroatoms. The van der Waals surface area contributed by atoms with Crippen molar-refractivity contribution in [2.45, 2.75) is 77.7 Å². The zero-order valence-corrected chi connectivity index (χ0v) is 27.0. The highest BCUT2D eigenvalue weighted by atomic mass is 19.4. The minimum absolute atomic E-state index is 0.0464. The van der Waals surface area contributed by atoms with Crippen molar-refractivity contribution < 1.29 is 37.0 Å². The topological polar surface area (TPSA) is 76.2 Å². The molecule has 3 aliphatic rings. The Morgan fingerprint density at radius 3 is 2.47 bits per heavy atom. The van der Waals surface area contributed by atoms with Gasteiger partial charge in [-0.3, -0.25) is 9.59 Å². The third-order valence-electron chi connectivity index (χ3n) is 9.12. The van der Waals surface area contributed by atoms with Crippen molar-refractivity contribution in [2.24, 2.45) is 5.92 Å². The number of cyclic esters (lactones) is 1. The van der Waals surface area contributed by atoms with Gasteiger partial charge in [0, 0.05) is 29.1 Å². The van der Waals surface area contributed by atoms with Crippen LogP contribution in [0.3, 0.4) is 0 Å². The number of hydrogen-bond acceptors (Lipinski definition) is 5. The van der Waals surface area contributed by atoms with Crippen molar-refractivity contribution in [3.8, 4) is 16.9 Å². The number of fused-ring (bicyclic) bond motifs is 1. The Morgan fingerprint density at radius 2 is 1.79 bits per heavy atom. The molecule has 0 bridgehead atoms. The predicted molar refractivity (Wildman–Crippen MR) is 172 cm³/mol. The van der Waals surface area contributed by atoms with Gasteiger partial charge < -0.3 is 14.4 Å². The maximum atomic E-state index is 13.6. The fourth-order valence-corrected chi connectivity index (χ4v) is 6.78.